The average Bonchev–Trinajstić information content (AvgIpc) is 3.01. The largest absolute Gasteiger partial charge is 0.352 e. The van der Waals surface area contributed by atoms with Gasteiger partial charge in [-0.05, 0) is 47.5 Å². The smallest absolute Gasteiger partial charge is 0.301 e. The first-order valence-corrected chi connectivity index (χ1v) is 12.0. The van der Waals surface area contributed by atoms with E-state index in [1.54, 1.807) is 0 Å². The first-order valence-electron chi connectivity index (χ1n) is 10.2. The Morgan fingerprint density at radius 2 is 1.75 bits per heavy atom. The number of nitrogens with one attached hydrogen (secondary N) is 1. The number of hydrogen-bond donors (Lipinski definition) is 1. The molecule has 1 N–H and O–H groups in total. The second-order valence-corrected chi connectivity index (χ2v) is 9.84. The van der Waals surface area contributed by atoms with E-state index in [1.165, 1.54) is 30.3 Å². The molecule has 12 heteroatoms. The van der Waals surface area contributed by atoms with E-state index in [4.69, 9.17) is 11.6 Å². The molecule has 4 rings (SSSR count). The van der Waals surface area contributed by atoms with Crippen molar-refractivity contribution in [3.8, 4) is 0 Å². The van der Waals surface area contributed by atoms with Crippen LogP contribution in [0.5, 0.6) is 0 Å². The molecule has 0 radical (unpaired) electrons. The highest BCUT2D eigenvalue weighted by Crippen LogP contribution is 2.46. The molecule has 0 aliphatic carbocycles. The van der Waals surface area contributed by atoms with E-state index in [2.05, 4.69) is 0 Å². The van der Waals surface area contributed by atoms with Crippen molar-refractivity contribution < 1.29 is 35.6 Å². The van der Waals surface area contributed by atoms with E-state index >= 15 is 0 Å². The summed E-state index contributed by atoms with van der Waals surface area (Å²) in [6, 6.07) is 11.5. The number of amides is 2. The molecule has 0 spiro atoms. The van der Waals surface area contributed by atoms with Crippen molar-refractivity contribution in [3.05, 3.63) is 100 Å². The molecule has 1 aliphatic heterocycles. The molecule has 186 valence electrons. The Labute approximate surface area is 207 Å². The highest BCUT2D eigenvalue weighted by Gasteiger charge is 2.53. The van der Waals surface area contributed by atoms with Gasteiger partial charge in [0.05, 0.1) is 22.7 Å². The molecular weight excluding hydrogens is 524 g/mol. The van der Waals surface area contributed by atoms with Crippen LogP contribution in [0.1, 0.15) is 16.7 Å². The van der Waals surface area contributed by atoms with Gasteiger partial charge in [0.2, 0.25) is 0 Å². The third-order valence-electron chi connectivity index (χ3n) is 5.27. The second kappa shape index (κ2) is 9.40. The van der Waals surface area contributed by atoms with Crippen LogP contribution in [0.3, 0.4) is 0 Å². The van der Waals surface area contributed by atoms with E-state index in [0.717, 1.165) is 42.5 Å². The lowest BCUT2D eigenvalue weighted by Crippen LogP contribution is -2.34. The number of sulfonamides is 1. The van der Waals surface area contributed by atoms with Crippen molar-refractivity contribution in [2.45, 2.75) is 17.4 Å². The molecule has 2 amide bonds. The third-order valence-corrected chi connectivity index (χ3v) is 6.85. The lowest BCUT2D eigenvalue weighted by molar-refractivity contribution is -0.141. The Hall–Kier alpha value is -3.70. The number of alkyl halides is 2. The van der Waals surface area contributed by atoms with Gasteiger partial charge in [-0.1, -0.05) is 41.9 Å². The third kappa shape index (κ3) is 4.84. The molecule has 3 aromatic rings. The van der Waals surface area contributed by atoms with Gasteiger partial charge in [0.1, 0.15) is 0 Å². The number of anilines is 1. The number of para-hydroxylation sites is 1. The van der Waals surface area contributed by atoms with E-state index in [-0.39, 0.29) is 26.7 Å². The Morgan fingerprint density at radius 3 is 2.44 bits per heavy atom. The van der Waals surface area contributed by atoms with E-state index in [1.807, 2.05) is 4.72 Å². The maximum atomic E-state index is 14.7. The molecule has 6 nitrogen and oxygen atoms in total. The predicted molar refractivity (Wildman–Crippen MR) is 124 cm³/mol. The molecule has 36 heavy (non-hydrogen) atoms. The van der Waals surface area contributed by atoms with Crippen LogP contribution in [-0.2, 0) is 32.1 Å². The minimum absolute atomic E-state index is 0.00379. The van der Waals surface area contributed by atoms with Crippen LogP contribution in [0, 0.1) is 11.6 Å². The van der Waals surface area contributed by atoms with Crippen molar-refractivity contribution >= 4 is 45.2 Å². The maximum Gasteiger partial charge on any atom is 0.352 e. The van der Waals surface area contributed by atoms with Crippen molar-refractivity contribution in [1.82, 2.24) is 4.72 Å². The van der Waals surface area contributed by atoms with Gasteiger partial charge < -0.3 is 4.90 Å². The number of fused-ring (bicyclic) bond motifs is 1. The van der Waals surface area contributed by atoms with E-state index < -0.39 is 51.5 Å². The summed E-state index contributed by atoms with van der Waals surface area (Å²) < 4.78 is 82.9. The Balaban J connectivity index is 1.64. The average molecular weight is 539 g/mol. The standard InChI is InChI=1S/C24H15ClF4N2O4S/c25-16-4-2-5-17(12-16)36(34,35)30-21(32)10-8-15-3-1-6-18-22(15)31(23(33)24(18,28)29)13-14-7-9-19(26)20(27)11-14/h1-12H,13H2,(H,30,32)/b10-8+. The number of nitrogens with zero attached hydrogens (tertiary/aromatic N) is 1. The molecule has 0 atom stereocenters. The van der Waals surface area contributed by atoms with Crippen molar-refractivity contribution in [1.29, 1.82) is 0 Å². The van der Waals surface area contributed by atoms with Gasteiger partial charge in [0, 0.05) is 11.1 Å². The summed E-state index contributed by atoms with van der Waals surface area (Å²) >= 11 is 5.78. The van der Waals surface area contributed by atoms with Crippen LogP contribution in [0.2, 0.25) is 5.02 Å². The number of benzene rings is 3. The molecule has 1 aliphatic rings. The zero-order chi connectivity index (χ0) is 26.3. The molecule has 0 bridgehead atoms. The molecule has 0 aromatic heterocycles. The summed E-state index contributed by atoms with van der Waals surface area (Å²) in [6.45, 7) is -0.501. The van der Waals surface area contributed by atoms with Crippen molar-refractivity contribution in [3.63, 3.8) is 0 Å². The fourth-order valence-corrected chi connectivity index (χ4v) is 4.88. The fourth-order valence-electron chi connectivity index (χ4n) is 3.63. The predicted octanol–water partition coefficient (Wildman–Crippen LogP) is 4.78. The van der Waals surface area contributed by atoms with Crippen molar-refractivity contribution in [2.24, 2.45) is 0 Å². The summed E-state index contributed by atoms with van der Waals surface area (Å²) in [7, 11) is -4.27. The van der Waals surface area contributed by atoms with Crippen LogP contribution in [0.15, 0.2) is 71.6 Å². The number of carbonyl (C=O) groups is 2. The molecule has 0 fully saturated rings. The maximum absolute atomic E-state index is 14.7. The topological polar surface area (TPSA) is 83.6 Å². The Kier molecular flexibility index (Phi) is 6.63. The summed E-state index contributed by atoms with van der Waals surface area (Å²) in [5.41, 5.74) is -0.853. The molecule has 1 heterocycles. The second-order valence-electron chi connectivity index (χ2n) is 7.72. The lowest BCUT2D eigenvalue weighted by atomic mass is 10.0. The number of rotatable bonds is 6. The molecule has 3 aromatic carbocycles. The first kappa shape index (κ1) is 25.4. The number of hydrogen-bond acceptors (Lipinski definition) is 4. The van der Waals surface area contributed by atoms with Crippen molar-refractivity contribution in [2.75, 3.05) is 4.90 Å². The zero-order valence-corrected chi connectivity index (χ0v) is 19.6. The normalized spacial score (nSPS) is 14.8. The van der Waals surface area contributed by atoms with Crippen LogP contribution in [-0.4, -0.2) is 20.2 Å². The molecule has 0 saturated heterocycles. The minimum Gasteiger partial charge on any atom is -0.301 e. The molecular formula is C24H15ClF4N2O4S. The quantitative estimate of drug-likeness (QED) is 0.362. The highest BCUT2D eigenvalue weighted by atomic mass is 35.5. The molecule has 0 saturated carbocycles. The van der Waals surface area contributed by atoms with Gasteiger partial charge in [-0.25, -0.2) is 21.9 Å². The van der Waals surface area contributed by atoms with E-state index in [0.29, 0.717) is 4.90 Å². The lowest BCUT2D eigenvalue weighted by Gasteiger charge is -2.19. The highest BCUT2D eigenvalue weighted by molar-refractivity contribution is 7.90. The van der Waals surface area contributed by atoms with E-state index in [9.17, 15) is 35.6 Å². The summed E-state index contributed by atoms with van der Waals surface area (Å²) in [5, 5.41) is 0.132. The monoisotopic (exact) mass is 538 g/mol. The Bertz CT molecular complexity index is 1530. The van der Waals surface area contributed by atoms with Crippen LogP contribution >= 0.6 is 11.6 Å². The van der Waals surface area contributed by atoms with Gasteiger partial charge in [-0.3, -0.25) is 9.59 Å². The Morgan fingerprint density at radius 1 is 1.03 bits per heavy atom. The number of carbonyl (C=O) groups excluding carboxylic acids is 2. The SMILES string of the molecule is O=C(/C=C/c1cccc2c1N(Cc1ccc(F)c(F)c1)C(=O)C2(F)F)NS(=O)(=O)c1cccc(Cl)c1. The van der Waals surface area contributed by atoms with Gasteiger partial charge >= 0.3 is 11.8 Å². The van der Waals surface area contributed by atoms with Crippen LogP contribution < -0.4 is 9.62 Å². The fraction of sp³-hybridized carbons (Fsp3) is 0.0833. The van der Waals surface area contributed by atoms with Crippen LogP contribution in [0.4, 0.5) is 23.2 Å². The first-order chi connectivity index (χ1) is 16.9. The van der Waals surface area contributed by atoms with Crippen LogP contribution in [0.25, 0.3) is 6.08 Å². The van der Waals surface area contributed by atoms with Gasteiger partial charge in [0.25, 0.3) is 15.9 Å². The van der Waals surface area contributed by atoms with Gasteiger partial charge in [-0.2, -0.15) is 8.78 Å². The van der Waals surface area contributed by atoms with Gasteiger partial charge in [-0.15, -0.1) is 0 Å². The summed E-state index contributed by atoms with van der Waals surface area (Å²) in [5.74, 6) is -8.93. The zero-order valence-electron chi connectivity index (χ0n) is 18.0. The van der Waals surface area contributed by atoms with Gasteiger partial charge in [0.15, 0.2) is 11.6 Å². The molecule has 0 unspecified atom stereocenters. The summed E-state index contributed by atoms with van der Waals surface area (Å²) in [6.07, 6.45) is 1.86. The minimum atomic E-state index is -4.27. The number of halogens is 5. The summed E-state index contributed by atoms with van der Waals surface area (Å²) in [4.78, 5) is 25.3.